The molecular weight excluding hydrogens is 208 g/mol. The highest BCUT2D eigenvalue weighted by Crippen LogP contribution is 2.40. The Morgan fingerprint density at radius 3 is 2.67 bits per heavy atom. The number of hydrogen-bond acceptors (Lipinski definition) is 2. The minimum Gasteiger partial charge on any atom is -0.478 e. The van der Waals surface area contributed by atoms with Gasteiger partial charge in [-0.3, -0.25) is 4.79 Å². The fourth-order valence-corrected chi connectivity index (χ4v) is 1.37. The van der Waals surface area contributed by atoms with Gasteiger partial charge in [0.05, 0.1) is 16.8 Å². The van der Waals surface area contributed by atoms with Crippen LogP contribution in [0, 0.1) is 0 Å². The standard InChI is InChI=1S/C9H5F2NO3/c10-9(11)5-3-4(7(13)14)1-2-6(5)12-8(9)15/h1-3H,(H,12,15)(H,13,14). The van der Waals surface area contributed by atoms with Crippen LogP contribution in [-0.4, -0.2) is 17.0 Å². The number of halogens is 2. The third-order valence-electron chi connectivity index (χ3n) is 2.14. The predicted molar refractivity (Wildman–Crippen MR) is 45.9 cm³/mol. The van der Waals surface area contributed by atoms with Gasteiger partial charge in [0.25, 0.3) is 5.91 Å². The number of hydrogen-bond donors (Lipinski definition) is 2. The van der Waals surface area contributed by atoms with E-state index in [0.29, 0.717) is 0 Å². The van der Waals surface area contributed by atoms with Gasteiger partial charge in [0.2, 0.25) is 0 Å². The monoisotopic (exact) mass is 213 g/mol. The molecule has 1 amide bonds. The van der Waals surface area contributed by atoms with E-state index >= 15 is 0 Å². The summed E-state index contributed by atoms with van der Waals surface area (Å²) in [5.41, 5.74) is -0.910. The minimum absolute atomic E-state index is 0.0463. The first kappa shape index (κ1) is 9.57. The Bertz CT molecular complexity index is 470. The molecule has 0 spiro atoms. The van der Waals surface area contributed by atoms with Crippen molar-refractivity contribution in [2.45, 2.75) is 5.92 Å². The maximum atomic E-state index is 13.2. The SMILES string of the molecule is O=C(O)c1ccc2c(c1)C(F)(F)C(=O)N2. The summed E-state index contributed by atoms with van der Waals surface area (Å²) in [6.07, 6.45) is 0. The third-order valence-corrected chi connectivity index (χ3v) is 2.14. The maximum Gasteiger partial charge on any atom is 0.352 e. The van der Waals surface area contributed by atoms with E-state index in [0.717, 1.165) is 18.2 Å². The number of fused-ring (bicyclic) bond motifs is 1. The highest BCUT2D eigenvalue weighted by molar-refractivity contribution is 6.04. The fraction of sp³-hybridized carbons (Fsp3) is 0.111. The van der Waals surface area contributed by atoms with Crippen molar-refractivity contribution in [2.75, 3.05) is 5.32 Å². The minimum atomic E-state index is -3.65. The molecule has 1 aromatic rings. The van der Waals surface area contributed by atoms with E-state index < -0.39 is 23.4 Å². The number of amides is 1. The van der Waals surface area contributed by atoms with Crippen molar-refractivity contribution in [3.63, 3.8) is 0 Å². The van der Waals surface area contributed by atoms with E-state index in [9.17, 15) is 18.4 Å². The molecule has 6 heteroatoms. The summed E-state index contributed by atoms with van der Waals surface area (Å²) >= 11 is 0. The second kappa shape index (κ2) is 2.75. The number of benzene rings is 1. The Balaban J connectivity index is 2.59. The summed E-state index contributed by atoms with van der Waals surface area (Å²) in [5, 5.41) is 10.6. The van der Waals surface area contributed by atoms with Crippen molar-refractivity contribution < 1.29 is 23.5 Å². The number of alkyl halides is 2. The molecule has 0 radical (unpaired) electrons. The van der Waals surface area contributed by atoms with Crippen LogP contribution in [0.15, 0.2) is 18.2 Å². The Morgan fingerprint density at radius 1 is 1.40 bits per heavy atom. The summed E-state index contributed by atoms with van der Waals surface area (Å²) in [6.45, 7) is 0. The van der Waals surface area contributed by atoms with Gasteiger partial charge in [0, 0.05) is 0 Å². The maximum absolute atomic E-state index is 13.2. The molecule has 1 aliphatic rings. The van der Waals surface area contributed by atoms with E-state index in [1.807, 2.05) is 5.32 Å². The summed E-state index contributed by atoms with van der Waals surface area (Å²) in [5.74, 6) is -6.39. The molecule has 0 atom stereocenters. The predicted octanol–water partition coefficient (Wildman–Crippen LogP) is 1.43. The first-order valence-electron chi connectivity index (χ1n) is 4.00. The summed E-state index contributed by atoms with van der Waals surface area (Å²) < 4.78 is 26.3. The van der Waals surface area contributed by atoms with Gasteiger partial charge in [0.1, 0.15) is 0 Å². The Morgan fingerprint density at radius 2 is 2.07 bits per heavy atom. The van der Waals surface area contributed by atoms with E-state index in [-0.39, 0.29) is 11.3 Å². The van der Waals surface area contributed by atoms with E-state index in [2.05, 4.69) is 0 Å². The van der Waals surface area contributed by atoms with Gasteiger partial charge in [-0.2, -0.15) is 8.78 Å². The van der Waals surface area contributed by atoms with Crippen LogP contribution in [-0.2, 0) is 10.7 Å². The van der Waals surface area contributed by atoms with Crippen molar-refractivity contribution in [1.29, 1.82) is 0 Å². The zero-order valence-electron chi connectivity index (χ0n) is 7.25. The Kier molecular flexibility index (Phi) is 1.76. The average molecular weight is 213 g/mol. The van der Waals surface area contributed by atoms with Crippen LogP contribution in [0.1, 0.15) is 15.9 Å². The van der Waals surface area contributed by atoms with Gasteiger partial charge < -0.3 is 10.4 Å². The molecule has 0 bridgehead atoms. The van der Waals surface area contributed by atoms with Gasteiger partial charge in [-0.1, -0.05) is 0 Å². The van der Waals surface area contributed by atoms with Crippen molar-refractivity contribution in [3.05, 3.63) is 29.3 Å². The first-order chi connectivity index (χ1) is 6.93. The topological polar surface area (TPSA) is 66.4 Å². The lowest BCUT2D eigenvalue weighted by Gasteiger charge is -2.06. The summed E-state index contributed by atoms with van der Waals surface area (Å²) in [4.78, 5) is 21.4. The van der Waals surface area contributed by atoms with Gasteiger partial charge in [-0.25, -0.2) is 4.79 Å². The molecule has 0 saturated carbocycles. The second-order valence-electron chi connectivity index (χ2n) is 3.09. The lowest BCUT2D eigenvalue weighted by molar-refractivity contribution is -0.139. The van der Waals surface area contributed by atoms with Gasteiger partial charge in [-0.05, 0) is 18.2 Å². The molecule has 2 rings (SSSR count). The lowest BCUT2D eigenvalue weighted by atomic mass is 10.1. The quantitative estimate of drug-likeness (QED) is 0.741. The Labute approximate surface area is 82.5 Å². The first-order valence-corrected chi connectivity index (χ1v) is 4.00. The van der Waals surface area contributed by atoms with Crippen LogP contribution in [0.3, 0.4) is 0 Å². The normalized spacial score (nSPS) is 17.1. The number of carboxylic acid groups (broad SMARTS) is 1. The molecule has 0 saturated heterocycles. The molecule has 78 valence electrons. The lowest BCUT2D eigenvalue weighted by Crippen LogP contribution is -2.23. The molecule has 0 fully saturated rings. The molecule has 1 heterocycles. The number of rotatable bonds is 1. The van der Waals surface area contributed by atoms with Gasteiger partial charge in [-0.15, -0.1) is 0 Å². The molecule has 1 aromatic carbocycles. The highest BCUT2D eigenvalue weighted by Gasteiger charge is 2.48. The average Bonchev–Trinajstić information content (AvgIpc) is 2.38. The van der Waals surface area contributed by atoms with Gasteiger partial charge in [0.15, 0.2) is 0 Å². The smallest absolute Gasteiger partial charge is 0.352 e. The van der Waals surface area contributed by atoms with Crippen molar-refractivity contribution in [1.82, 2.24) is 0 Å². The van der Waals surface area contributed by atoms with Crippen molar-refractivity contribution in [2.24, 2.45) is 0 Å². The molecule has 2 N–H and O–H groups in total. The number of aromatic carboxylic acids is 1. The van der Waals surface area contributed by atoms with Crippen LogP contribution >= 0.6 is 0 Å². The largest absolute Gasteiger partial charge is 0.478 e. The van der Waals surface area contributed by atoms with E-state index in [4.69, 9.17) is 5.11 Å². The molecular formula is C9H5F2NO3. The summed E-state index contributed by atoms with van der Waals surface area (Å²) in [6, 6.07) is 3.11. The third kappa shape index (κ3) is 1.25. The number of carbonyl (C=O) groups is 2. The highest BCUT2D eigenvalue weighted by atomic mass is 19.3. The number of carboxylic acids is 1. The number of nitrogens with one attached hydrogen (secondary N) is 1. The van der Waals surface area contributed by atoms with Crippen molar-refractivity contribution >= 4 is 17.6 Å². The van der Waals surface area contributed by atoms with Gasteiger partial charge >= 0.3 is 11.9 Å². The number of anilines is 1. The van der Waals surface area contributed by atoms with Crippen LogP contribution in [0.4, 0.5) is 14.5 Å². The molecule has 4 nitrogen and oxygen atoms in total. The zero-order valence-corrected chi connectivity index (χ0v) is 7.25. The zero-order chi connectivity index (χ0) is 11.2. The Hall–Kier alpha value is -1.98. The molecule has 0 aliphatic carbocycles. The second-order valence-corrected chi connectivity index (χ2v) is 3.09. The van der Waals surface area contributed by atoms with E-state index in [1.54, 1.807) is 0 Å². The molecule has 1 aliphatic heterocycles. The molecule has 0 unspecified atom stereocenters. The van der Waals surface area contributed by atoms with Crippen LogP contribution < -0.4 is 5.32 Å². The number of carbonyl (C=O) groups excluding carboxylic acids is 1. The molecule has 15 heavy (non-hydrogen) atoms. The van der Waals surface area contributed by atoms with Crippen LogP contribution in [0.25, 0.3) is 0 Å². The van der Waals surface area contributed by atoms with Crippen molar-refractivity contribution in [3.8, 4) is 0 Å². The fourth-order valence-electron chi connectivity index (χ4n) is 1.37. The molecule has 0 aromatic heterocycles. The van der Waals surface area contributed by atoms with Crippen LogP contribution in [0.5, 0.6) is 0 Å². The van der Waals surface area contributed by atoms with E-state index in [1.165, 1.54) is 0 Å². The van der Waals surface area contributed by atoms with Crippen LogP contribution in [0.2, 0.25) is 0 Å². The summed E-state index contributed by atoms with van der Waals surface area (Å²) in [7, 11) is 0.